The van der Waals surface area contributed by atoms with Crippen LogP contribution in [0.15, 0.2) is 0 Å². The van der Waals surface area contributed by atoms with Gasteiger partial charge in [-0.05, 0) is 31.6 Å². The van der Waals surface area contributed by atoms with E-state index in [0.717, 1.165) is 12.6 Å². The Morgan fingerprint density at radius 3 is 2.22 bits per heavy atom. The van der Waals surface area contributed by atoms with E-state index in [2.05, 4.69) is 19.2 Å². The molecule has 2 atom stereocenters. The molecular weight excluding hydrogens is 222 g/mol. The molecule has 1 saturated heterocycles. The Morgan fingerprint density at radius 1 is 0.889 bits per heavy atom. The fourth-order valence-corrected chi connectivity index (χ4v) is 3.40. The van der Waals surface area contributed by atoms with Crippen molar-refractivity contribution in [2.24, 2.45) is 5.92 Å². The minimum Gasteiger partial charge on any atom is -0.378 e. The highest BCUT2D eigenvalue weighted by atomic mass is 16.5. The summed E-state index contributed by atoms with van der Waals surface area (Å²) in [6.45, 7) is 5.51. The fraction of sp³-hybridized carbons (Fsp3) is 1.00. The maximum absolute atomic E-state index is 5.86. The lowest BCUT2D eigenvalue weighted by atomic mass is 9.92. The van der Waals surface area contributed by atoms with Crippen LogP contribution in [0.5, 0.6) is 0 Å². The van der Waals surface area contributed by atoms with Crippen molar-refractivity contribution in [1.82, 2.24) is 5.32 Å². The van der Waals surface area contributed by atoms with Gasteiger partial charge < -0.3 is 10.1 Å². The van der Waals surface area contributed by atoms with Crippen LogP contribution in [-0.4, -0.2) is 24.8 Å². The van der Waals surface area contributed by atoms with Crippen molar-refractivity contribution in [3.63, 3.8) is 0 Å². The van der Waals surface area contributed by atoms with Gasteiger partial charge in [0.2, 0.25) is 0 Å². The monoisotopic (exact) mass is 253 g/mol. The van der Waals surface area contributed by atoms with E-state index < -0.39 is 0 Å². The van der Waals surface area contributed by atoms with Crippen molar-refractivity contribution in [3.05, 3.63) is 0 Å². The summed E-state index contributed by atoms with van der Waals surface area (Å²) < 4.78 is 5.86. The van der Waals surface area contributed by atoms with Gasteiger partial charge in [0, 0.05) is 18.7 Å². The summed E-state index contributed by atoms with van der Waals surface area (Å²) in [6, 6.07) is 1.48. The van der Waals surface area contributed by atoms with Crippen LogP contribution in [-0.2, 0) is 4.74 Å². The van der Waals surface area contributed by atoms with Gasteiger partial charge in [-0.2, -0.15) is 0 Å². The summed E-state index contributed by atoms with van der Waals surface area (Å²) in [7, 11) is 0. The second kappa shape index (κ2) is 7.49. The van der Waals surface area contributed by atoms with Gasteiger partial charge in [-0.25, -0.2) is 0 Å². The van der Waals surface area contributed by atoms with E-state index in [9.17, 15) is 0 Å². The van der Waals surface area contributed by atoms with Crippen LogP contribution in [0.4, 0.5) is 0 Å². The van der Waals surface area contributed by atoms with Gasteiger partial charge in [-0.3, -0.25) is 0 Å². The van der Waals surface area contributed by atoms with Gasteiger partial charge in [0.15, 0.2) is 0 Å². The SMILES string of the molecule is CC(C)C1CC(NC2CCCCCCC2)CCO1. The number of ether oxygens (including phenoxy) is 1. The normalized spacial score (nSPS) is 32.2. The summed E-state index contributed by atoms with van der Waals surface area (Å²) in [6.07, 6.45) is 12.9. The van der Waals surface area contributed by atoms with E-state index in [-0.39, 0.29) is 0 Å². The van der Waals surface area contributed by atoms with Gasteiger partial charge >= 0.3 is 0 Å². The van der Waals surface area contributed by atoms with Crippen molar-refractivity contribution >= 4 is 0 Å². The molecule has 2 fully saturated rings. The number of rotatable bonds is 3. The zero-order valence-corrected chi connectivity index (χ0v) is 12.3. The molecule has 0 aromatic rings. The Kier molecular flexibility index (Phi) is 5.97. The molecule has 106 valence electrons. The molecule has 0 radical (unpaired) electrons. The summed E-state index contributed by atoms with van der Waals surface area (Å²) in [4.78, 5) is 0. The topological polar surface area (TPSA) is 21.3 Å². The summed E-state index contributed by atoms with van der Waals surface area (Å²) in [5, 5.41) is 3.93. The first-order valence-corrected chi connectivity index (χ1v) is 8.13. The van der Waals surface area contributed by atoms with Crippen molar-refractivity contribution in [2.45, 2.75) is 89.8 Å². The minimum absolute atomic E-state index is 0.477. The Labute approximate surface area is 113 Å². The predicted octanol–water partition coefficient (Wildman–Crippen LogP) is 3.89. The average molecular weight is 253 g/mol. The van der Waals surface area contributed by atoms with E-state index in [0.29, 0.717) is 18.1 Å². The van der Waals surface area contributed by atoms with Crippen LogP contribution in [0.25, 0.3) is 0 Å². The van der Waals surface area contributed by atoms with Crippen LogP contribution in [0.3, 0.4) is 0 Å². The molecule has 0 aromatic heterocycles. The van der Waals surface area contributed by atoms with Crippen molar-refractivity contribution in [1.29, 1.82) is 0 Å². The fourth-order valence-electron chi connectivity index (χ4n) is 3.40. The first-order chi connectivity index (χ1) is 8.75. The van der Waals surface area contributed by atoms with Crippen molar-refractivity contribution < 1.29 is 4.74 Å². The minimum atomic E-state index is 0.477. The Bertz CT molecular complexity index is 221. The van der Waals surface area contributed by atoms with E-state index in [4.69, 9.17) is 4.74 Å². The summed E-state index contributed by atoms with van der Waals surface area (Å²) >= 11 is 0. The third-order valence-electron chi connectivity index (χ3n) is 4.64. The second-order valence-electron chi connectivity index (χ2n) is 6.58. The van der Waals surface area contributed by atoms with E-state index in [1.54, 1.807) is 0 Å². The summed E-state index contributed by atoms with van der Waals surface area (Å²) in [5.74, 6) is 0.659. The molecule has 0 aromatic carbocycles. The molecule has 18 heavy (non-hydrogen) atoms. The molecule has 0 bridgehead atoms. The van der Waals surface area contributed by atoms with Gasteiger partial charge in [-0.1, -0.05) is 46.0 Å². The van der Waals surface area contributed by atoms with Crippen LogP contribution in [0.2, 0.25) is 0 Å². The highest BCUT2D eigenvalue weighted by Gasteiger charge is 2.26. The number of nitrogens with one attached hydrogen (secondary N) is 1. The molecule has 1 N–H and O–H groups in total. The van der Waals surface area contributed by atoms with Crippen molar-refractivity contribution in [2.75, 3.05) is 6.61 Å². The van der Waals surface area contributed by atoms with Crippen LogP contribution in [0.1, 0.15) is 71.6 Å². The standard InChI is InChI=1S/C16H31NO/c1-13(2)16-12-15(10-11-18-16)17-14-8-6-4-3-5-7-9-14/h13-17H,3-12H2,1-2H3. The Balaban J connectivity index is 1.76. The first kappa shape index (κ1) is 14.3. The summed E-state index contributed by atoms with van der Waals surface area (Å²) in [5.41, 5.74) is 0. The lowest BCUT2D eigenvalue weighted by molar-refractivity contribution is -0.0263. The van der Waals surface area contributed by atoms with Gasteiger partial charge in [0.05, 0.1) is 6.10 Å². The largest absolute Gasteiger partial charge is 0.378 e. The molecule has 0 spiro atoms. The molecule has 1 saturated carbocycles. The molecule has 0 amide bonds. The van der Waals surface area contributed by atoms with E-state index in [1.165, 1.54) is 57.8 Å². The van der Waals surface area contributed by atoms with Crippen LogP contribution >= 0.6 is 0 Å². The molecular formula is C16H31NO. The number of hydrogen-bond donors (Lipinski definition) is 1. The molecule has 1 heterocycles. The lowest BCUT2D eigenvalue weighted by Crippen LogP contribution is -2.45. The maximum Gasteiger partial charge on any atom is 0.0612 e. The average Bonchev–Trinajstić information content (AvgIpc) is 2.33. The quantitative estimate of drug-likeness (QED) is 0.824. The smallest absolute Gasteiger partial charge is 0.0612 e. The van der Waals surface area contributed by atoms with Crippen LogP contribution in [0, 0.1) is 5.92 Å². The first-order valence-electron chi connectivity index (χ1n) is 8.13. The molecule has 2 heteroatoms. The van der Waals surface area contributed by atoms with E-state index >= 15 is 0 Å². The second-order valence-corrected chi connectivity index (χ2v) is 6.58. The third kappa shape index (κ3) is 4.55. The van der Waals surface area contributed by atoms with Crippen molar-refractivity contribution in [3.8, 4) is 0 Å². The van der Waals surface area contributed by atoms with Gasteiger partial charge in [-0.15, -0.1) is 0 Å². The molecule has 2 unspecified atom stereocenters. The molecule has 1 aliphatic carbocycles. The zero-order valence-electron chi connectivity index (χ0n) is 12.3. The molecule has 2 nitrogen and oxygen atoms in total. The lowest BCUT2D eigenvalue weighted by Gasteiger charge is -2.35. The highest BCUT2D eigenvalue weighted by Crippen LogP contribution is 2.23. The number of hydrogen-bond acceptors (Lipinski definition) is 2. The highest BCUT2D eigenvalue weighted by molar-refractivity contribution is 4.82. The zero-order chi connectivity index (χ0) is 12.8. The van der Waals surface area contributed by atoms with Gasteiger partial charge in [0.1, 0.15) is 0 Å². The maximum atomic E-state index is 5.86. The predicted molar refractivity (Wildman–Crippen MR) is 76.8 cm³/mol. The molecule has 2 aliphatic rings. The third-order valence-corrected chi connectivity index (χ3v) is 4.64. The van der Waals surface area contributed by atoms with Gasteiger partial charge in [0.25, 0.3) is 0 Å². The Hall–Kier alpha value is -0.0800. The molecule has 2 rings (SSSR count). The Morgan fingerprint density at radius 2 is 1.56 bits per heavy atom. The van der Waals surface area contributed by atoms with E-state index in [1.807, 2.05) is 0 Å². The molecule has 1 aliphatic heterocycles. The van der Waals surface area contributed by atoms with Crippen LogP contribution < -0.4 is 5.32 Å².